The Labute approximate surface area is 112 Å². The highest BCUT2D eigenvalue weighted by molar-refractivity contribution is 7.84. The van der Waals surface area contributed by atoms with Gasteiger partial charge in [0.15, 0.2) is 0 Å². The number of nitrogens with two attached hydrogens (primary N) is 1. The minimum absolute atomic E-state index is 0.0409. The van der Waals surface area contributed by atoms with Crippen molar-refractivity contribution in [1.82, 2.24) is 0 Å². The van der Waals surface area contributed by atoms with Crippen LogP contribution in [0.1, 0.15) is 11.1 Å². The SMILES string of the molecule is N#Cc1ccc(CS(=O)c2ccc(N)c(F)c2)cc1. The highest BCUT2D eigenvalue weighted by Crippen LogP contribution is 2.17. The summed E-state index contributed by atoms with van der Waals surface area (Å²) < 4.78 is 25.4. The fourth-order valence-corrected chi connectivity index (χ4v) is 2.68. The minimum atomic E-state index is -1.34. The predicted molar refractivity (Wildman–Crippen MR) is 72.1 cm³/mol. The van der Waals surface area contributed by atoms with Gasteiger partial charge >= 0.3 is 0 Å². The minimum Gasteiger partial charge on any atom is -0.396 e. The maximum absolute atomic E-state index is 13.3. The Morgan fingerprint density at radius 1 is 1.21 bits per heavy atom. The number of benzene rings is 2. The molecule has 2 N–H and O–H groups in total. The van der Waals surface area contributed by atoms with Crippen molar-refractivity contribution in [2.24, 2.45) is 0 Å². The molecule has 1 unspecified atom stereocenters. The van der Waals surface area contributed by atoms with E-state index < -0.39 is 16.6 Å². The number of nitrogens with zero attached hydrogens (tertiary/aromatic N) is 1. The summed E-state index contributed by atoms with van der Waals surface area (Å²) in [6.07, 6.45) is 0. The average Bonchev–Trinajstić information content (AvgIpc) is 2.42. The first kappa shape index (κ1) is 13.2. The van der Waals surface area contributed by atoms with Crippen molar-refractivity contribution in [3.05, 3.63) is 59.4 Å². The lowest BCUT2D eigenvalue weighted by Crippen LogP contribution is -1.99. The van der Waals surface area contributed by atoms with Gasteiger partial charge in [-0.15, -0.1) is 0 Å². The predicted octanol–water partition coefficient (Wildman–Crippen LogP) is 2.59. The van der Waals surface area contributed by atoms with Crippen LogP contribution in [0.15, 0.2) is 47.4 Å². The molecular weight excluding hydrogens is 263 g/mol. The first-order valence-electron chi connectivity index (χ1n) is 5.52. The standard InChI is InChI=1S/C14H11FN2OS/c15-13-7-12(5-6-14(13)17)19(18)9-11-3-1-10(8-16)2-4-11/h1-7H,9,17H2. The molecule has 0 aliphatic carbocycles. The molecule has 0 spiro atoms. The van der Waals surface area contributed by atoms with Gasteiger partial charge in [-0.3, -0.25) is 4.21 Å². The molecular formula is C14H11FN2OS. The molecule has 3 nitrogen and oxygen atoms in total. The molecule has 0 aromatic heterocycles. The second-order valence-electron chi connectivity index (χ2n) is 3.98. The number of nitrogen functional groups attached to an aromatic ring is 1. The normalized spacial score (nSPS) is 11.8. The quantitative estimate of drug-likeness (QED) is 0.875. The zero-order valence-electron chi connectivity index (χ0n) is 9.97. The van der Waals surface area contributed by atoms with Crippen molar-refractivity contribution in [2.75, 3.05) is 5.73 Å². The van der Waals surface area contributed by atoms with Gasteiger partial charge in [0, 0.05) is 4.90 Å². The van der Waals surface area contributed by atoms with Crippen molar-refractivity contribution < 1.29 is 8.60 Å². The number of anilines is 1. The molecule has 0 fully saturated rings. The van der Waals surface area contributed by atoms with E-state index in [1.165, 1.54) is 12.1 Å². The maximum Gasteiger partial charge on any atom is 0.147 e. The fourth-order valence-electron chi connectivity index (χ4n) is 1.56. The van der Waals surface area contributed by atoms with Crippen LogP contribution in [0.25, 0.3) is 0 Å². The summed E-state index contributed by atoms with van der Waals surface area (Å²) in [5.41, 5.74) is 6.79. The Balaban J connectivity index is 2.16. The Kier molecular flexibility index (Phi) is 3.93. The monoisotopic (exact) mass is 274 g/mol. The van der Waals surface area contributed by atoms with Gasteiger partial charge in [0.05, 0.1) is 33.9 Å². The van der Waals surface area contributed by atoms with E-state index in [4.69, 9.17) is 11.0 Å². The second kappa shape index (κ2) is 5.63. The number of hydrogen-bond donors (Lipinski definition) is 1. The molecule has 0 amide bonds. The Morgan fingerprint density at radius 2 is 1.89 bits per heavy atom. The van der Waals surface area contributed by atoms with Crippen LogP contribution in [0.5, 0.6) is 0 Å². The van der Waals surface area contributed by atoms with Crippen LogP contribution in [0.3, 0.4) is 0 Å². The van der Waals surface area contributed by atoms with Gasteiger partial charge in [-0.1, -0.05) is 12.1 Å². The Bertz CT molecular complexity index is 662. The zero-order valence-corrected chi connectivity index (χ0v) is 10.8. The lowest BCUT2D eigenvalue weighted by atomic mass is 10.2. The maximum atomic E-state index is 13.3. The third kappa shape index (κ3) is 3.18. The van der Waals surface area contributed by atoms with Crippen molar-refractivity contribution in [2.45, 2.75) is 10.6 Å². The van der Waals surface area contributed by atoms with Crippen LogP contribution >= 0.6 is 0 Å². The van der Waals surface area contributed by atoms with Crippen LogP contribution in [0.4, 0.5) is 10.1 Å². The van der Waals surface area contributed by atoms with Gasteiger partial charge in [-0.25, -0.2) is 4.39 Å². The number of hydrogen-bond acceptors (Lipinski definition) is 3. The third-order valence-corrected chi connectivity index (χ3v) is 3.99. The molecule has 19 heavy (non-hydrogen) atoms. The van der Waals surface area contributed by atoms with E-state index in [-0.39, 0.29) is 11.4 Å². The Morgan fingerprint density at radius 3 is 2.47 bits per heavy atom. The second-order valence-corrected chi connectivity index (χ2v) is 5.43. The molecule has 0 saturated carbocycles. The largest absolute Gasteiger partial charge is 0.396 e. The van der Waals surface area contributed by atoms with Crippen LogP contribution in [0.2, 0.25) is 0 Å². The first-order valence-corrected chi connectivity index (χ1v) is 6.84. The van der Waals surface area contributed by atoms with Gasteiger partial charge < -0.3 is 5.73 Å². The van der Waals surface area contributed by atoms with Crippen LogP contribution < -0.4 is 5.73 Å². The summed E-state index contributed by atoms with van der Waals surface area (Å²) in [7, 11) is -1.34. The Hall–Kier alpha value is -2.19. The smallest absolute Gasteiger partial charge is 0.147 e. The number of halogens is 1. The van der Waals surface area contributed by atoms with Gasteiger partial charge in [-0.05, 0) is 35.9 Å². The zero-order chi connectivity index (χ0) is 13.8. The summed E-state index contributed by atoms with van der Waals surface area (Å²) in [5, 5.41) is 8.68. The van der Waals surface area contributed by atoms with E-state index >= 15 is 0 Å². The molecule has 5 heteroatoms. The molecule has 2 rings (SSSR count). The molecule has 2 aromatic carbocycles. The third-order valence-electron chi connectivity index (χ3n) is 2.62. The summed E-state index contributed by atoms with van der Waals surface area (Å²) >= 11 is 0. The molecule has 0 radical (unpaired) electrons. The van der Waals surface area contributed by atoms with E-state index in [0.29, 0.717) is 10.5 Å². The molecule has 96 valence electrons. The lowest BCUT2D eigenvalue weighted by molar-refractivity contribution is 0.627. The molecule has 0 saturated heterocycles. The van der Waals surface area contributed by atoms with E-state index in [9.17, 15) is 8.60 Å². The van der Waals surface area contributed by atoms with Crippen LogP contribution in [-0.2, 0) is 16.6 Å². The van der Waals surface area contributed by atoms with Crippen molar-refractivity contribution >= 4 is 16.5 Å². The molecule has 1 atom stereocenters. The molecule has 0 bridgehead atoms. The van der Waals surface area contributed by atoms with Gasteiger partial charge in [0.25, 0.3) is 0 Å². The van der Waals surface area contributed by atoms with E-state index in [1.54, 1.807) is 30.3 Å². The molecule has 0 heterocycles. The van der Waals surface area contributed by atoms with E-state index in [2.05, 4.69) is 0 Å². The first-order chi connectivity index (χ1) is 9.10. The van der Waals surface area contributed by atoms with Gasteiger partial charge in [-0.2, -0.15) is 5.26 Å². The van der Waals surface area contributed by atoms with Crippen molar-refractivity contribution in [1.29, 1.82) is 5.26 Å². The highest BCUT2D eigenvalue weighted by Gasteiger charge is 2.08. The summed E-state index contributed by atoms with van der Waals surface area (Å²) in [4.78, 5) is 0.399. The van der Waals surface area contributed by atoms with Crippen molar-refractivity contribution in [3.8, 4) is 6.07 Å². The average molecular weight is 274 g/mol. The van der Waals surface area contributed by atoms with Gasteiger partial charge in [0.1, 0.15) is 5.82 Å². The van der Waals surface area contributed by atoms with E-state index in [1.807, 2.05) is 6.07 Å². The topological polar surface area (TPSA) is 66.9 Å². The number of nitriles is 1. The summed E-state index contributed by atoms with van der Waals surface area (Å²) in [6.45, 7) is 0. The number of rotatable bonds is 3. The summed E-state index contributed by atoms with van der Waals surface area (Å²) in [5.74, 6) is -0.291. The molecule has 0 aliphatic heterocycles. The molecule has 2 aromatic rings. The van der Waals surface area contributed by atoms with Crippen LogP contribution in [0, 0.1) is 17.1 Å². The highest BCUT2D eigenvalue weighted by atomic mass is 32.2. The van der Waals surface area contributed by atoms with E-state index in [0.717, 1.165) is 5.56 Å². The lowest BCUT2D eigenvalue weighted by Gasteiger charge is -2.04. The fraction of sp³-hybridized carbons (Fsp3) is 0.0714. The van der Waals surface area contributed by atoms with Crippen LogP contribution in [-0.4, -0.2) is 4.21 Å². The van der Waals surface area contributed by atoms with Crippen molar-refractivity contribution in [3.63, 3.8) is 0 Å². The summed E-state index contributed by atoms with van der Waals surface area (Å²) in [6, 6.07) is 13.0. The molecule has 0 aliphatic rings. The van der Waals surface area contributed by atoms with Gasteiger partial charge in [0.2, 0.25) is 0 Å².